The van der Waals surface area contributed by atoms with E-state index < -0.39 is 0 Å². The van der Waals surface area contributed by atoms with Gasteiger partial charge < -0.3 is 10.1 Å². The average Bonchev–Trinajstić information content (AvgIpc) is 3.14. The number of carbonyl (C=O) groups excluding carboxylic acids is 1. The Hall–Kier alpha value is -1.63. The third-order valence-electron chi connectivity index (χ3n) is 3.87. The van der Waals surface area contributed by atoms with Crippen molar-refractivity contribution in [2.24, 2.45) is 0 Å². The van der Waals surface area contributed by atoms with Gasteiger partial charge in [-0.2, -0.15) is 5.10 Å². The predicted molar refractivity (Wildman–Crippen MR) is 106 cm³/mol. The fourth-order valence-electron chi connectivity index (χ4n) is 2.68. The van der Waals surface area contributed by atoms with Crippen molar-refractivity contribution in [1.29, 1.82) is 0 Å². The largest absolute Gasteiger partial charge is 0.462 e. The molecule has 1 atom stereocenters. The van der Waals surface area contributed by atoms with Gasteiger partial charge in [0.1, 0.15) is 4.87 Å². The molecule has 0 unspecified atom stereocenters. The zero-order valence-corrected chi connectivity index (χ0v) is 16.8. The number of halogens is 2. The SMILES string of the molecule is CCOC(=O)c1cnn(C[C@]2(C)NC(C3=C(Cl)C=C(Cl)CC=C3)=CS2)c1. The van der Waals surface area contributed by atoms with E-state index in [-0.39, 0.29) is 10.8 Å². The van der Waals surface area contributed by atoms with Gasteiger partial charge in [-0.05, 0) is 25.3 Å². The maximum atomic E-state index is 11.8. The van der Waals surface area contributed by atoms with Crippen LogP contribution in [0.3, 0.4) is 0 Å². The van der Waals surface area contributed by atoms with Gasteiger partial charge in [0.25, 0.3) is 0 Å². The standard InChI is InChI=1S/C18H19Cl2N3O2S/c1-3-25-17(24)12-8-21-23(9-12)11-18(2)22-16(10-26-18)14-6-4-5-13(19)7-15(14)20/h4,6-10,22H,3,5,11H2,1-2H3/t18-/m1/s1. The monoisotopic (exact) mass is 411 g/mol. The molecular formula is C18H19Cl2N3O2S. The summed E-state index contributed by atoms with van der Waals surface area (Å²) < 4.78 is 6.73. The minimum absolute atomic E-state index is 0.314. The van der Waals surface area contributed by atoms with E-state index in [0.29, 0.717) is 35.2 Å². The van der Waals surface area contributed by atoms with Gasteiger partial charge in [0.05, 0.1) is 35.6 Å². The van der Waals surface area contributed by atoms with Gasteiger partial charge in [0.15, 0.2) is 0 Å². The lowest BCUT2D eigenvalue weighted by atomic mass is 10.1. The number of aromatic nitrogens is 2. The maximum Gasteiger partial charge on any atom is 0.341 e. The van der Waals surface area contributed by atoms with Gasteiger partial charge in [-0.3, -0.25) is 4.68 Å². The van der Waals surface area contributed by atoms with Crippen LogP contribution in [0.5, 0.6) is 0 Å². The van der Waals surface area contributed by atoms with Crippen molar-refractivity contribution in [2.75, 3.05) is 6.61 Å². The molecule has 2 aliphatic rings. The topological polar surface area (TPSA) is 56.1 Å². The number of rotatable bonds is 5. The highest BCUT2D eigenvalue weighted by molar-refractivity contribution is 8.03. The molecule has 0 bridgehead atoms. The lowest BCUT2D eigenvalue weighted by molar-refractivity contribution is 0.0526. The summed E-state index contributed by atoms with van der Waals surface area (Å²) in [4.78, 5) is 11.5. The van der Waals surface area contributed by atoms with E-state index >= 15 is 0 Å². The molecule has 1 aromatic rings. The zero-order valence-electron chi connectivity index (χ0n) is 14.5. The Labute approximate surface area is 166 Å². The third kappa shape index (κ3) is 4.37. The molecule has 3 rings (SSSR count). The molecule has 0 aromatic carbocycles. The Morgan fingerprint density at radius 3 is 3.08 bits per heavy atom. The molecule has 0 saturated carbocycles. The van der Waals surface area contributed by atoms with Gasteiger partial charge in [0.2, 0.25) is 0 Å². The fraction of sp³-hybridized carbons (Fsp3) is 0.333. The number of ether oxygens (including phenoxy) is 1. The van der Waals surface area contributed by atoms with E-state index in [9.17, 15) is 4.79 Å². The maximum absolute atomic E-state index is 11.8. The number of esters is 1. The Bertz CT molecular complexity index is 841. The minimum atomic E-state index is -0.362. The van der Waals surface area contributed by atoms with Crippen LogP contribution in [-0.2, 0) is 11.3 Å². The lowest BCUT2D eigenvalue weighted by Crippen LogP contribution is -2.39. The van der Waals surface area contributed by atoms with Crippen molar-refractivity contribution in [3.05, 3.63) is 62.9 Å². The number of nitrogens with zero attached hydrogens (tertiary/aromatic N) is 2. The number of hydrogen-bond acceptors (Lipinski definition) is 5. The average molecular weight is 412 g/mol. The fourth-order valence-corrected chi connectivity index (χ4v) is 4.17. The van der Waals surface area contributed by atoms with E-state index in [4.69, 9.17) is 27.9 Å². The number of thioether (sulfide) groups is 1. The van der Waals surface area contributed by atoms with Crippen LogP contribution in [0.25, 0.3) is 0 Å². The second kappa shape index (κ2) is 7.94. The third-order valence-corrected chi connectivity index (χ3v) is 5.55. The molecule has 0 fully saturated rings. The van der Waals surface area contributed by atoms with Crippen molar-refractivity contribution in [2.45, 2.75) is 31.7 Å². The van der Waals surface area contributed by atoms with Crippen molar-refractivity contribution in [1.82, 2.24) is 15.1 Å². The first-order valence-corrected chi connectivity index (χ1v) is 9.82. The predicted octanol–water partition coefficient (Wildman–Crippen LogP) is 4.53. The normalized spacial score (nSPS) is 22.6. The van der Waals surface area contributed by atoms with Crippen LogP contribution >= 0.6 is 35.0 Å². The van der Waals surface area contributed by atoms with Crippen LogP contribution in [0.4, 0.5) is 0 Å². The van der Waals surface area contributed by atoms with E-state index in [1.807, 2.05) is 17.6 Å². The van der Waals surface area contributed by atoms with Crippen LogP contribution in [0.2, 0.25) is 0 Å². The number of carbonyl (C=O) groups is 1. The lowest BCUT2D eigenvalue weighted by Gasteiger charge is -2.25. The van der Waals surface area contributed by atoms with Gasteiger partial charge in [-0.1, -0.05) is 35.4 Å². The molecule has 8 heteroatoms. The first-order chi connectivity index (χ1) is 12.4. The summed E-state index contributed by atoms with van der Waals surface area (Å²) in [6, 6.07) is 0. The molecule has 0 saturated heterocycles. The van der Waals surface area contributed by atoms with Gasteiger partial charge in [0, 0.05) is 23.2 Å². The van der Waals surface area contributed by atoms with E-state index in [0.717, 1.165) is 11.3 Å². The second-order valence-electron chi connectivity index (χ2n) is 6.11. The first-order valence-electron chi connectivity index (χ1n) is 8.19. The van der Waals surface area contributed by atoms with Crippen molar-refractivity contribution < 1.29 is 9.53 Å². The molecule has 2 heterocycles. The molecule has 1 aliphatic carbocycles. The highest BCUT2D eigenvalue weighted by atomic mass is 35.5. The summed E-state index contributed by atoms with van der Waals surface area (Å²) in [7, 11) is 0. The van der Waals surface area contributed by atoms with Gasteiger partial charge in [-0.15, -0.1) is 11.8 Å². The molecule has 0 radical (unpaired) electrons. The highest BCUT2D eigenvalue weighted by Gasteiger charge is 2.32. The molecular weight excluding hydrogens is 393 g/mol. The number of nitrogens with one attached hydrogen (secondary N) is 1. The summed E-state index contributed by atoms with van der Waals surface area (Å²) in [5, 5.41) is 11.1. The smallest absolute Gasteiger partial charge is 0.341 e. The molecule has 0 amide bonds. The zero-order chi connectivity index (χ0) is 18.7. The van der Waals surface area contributed by atoms with Crippen LogP contribution in [-0.4, -0.2) is 27.2 Å². The minimum Gasteiger partial charge on any atom is -0.462 e. The molecule has 5 nitrogen and oxygen atoms in total. The number of allylic oxidation sites excluding steroid dienone is 5. The highest BCUT2D eigenvalue weighted by Crippen LogP contribution is 2.38. The van der Waals surface area contributed by atoms with Crippen LogP contribution in [0, 0.1) is 0 Å². The van der Waals surface area contributed by atoms with Crippen molar-refractivity contribution >= 4 is 40.9 Å². The molecule has 0 spiro atoms. The molecule has 1 aliphatic heterocycles. The van der Waals surface area contributed by atoms with Crippen LogP contribution < -0.4 is 5.32 Å². The summed E-state index contributed by atoms with van der Waals surface area (Å²) in [5.41, 5.74) is 2.30. The first kappa shape index (κ1) is 19.1. The second-order valence-corrected chi connectivity index (χ2v) is 8.38. The van der Waals surface area contributed by atoms with Crippen LogP contribution in [0.15, 0.2) is 57.4 Å². The summed E-state index contributed by atoms with van der Waals surface area (Å²) in [5.74, 6) is -0.362. The Morgan fingerprint density at radius 2 is 2.31 bits per heavy atom. The molecule has 1 aromatic heterocycles. The van der Waals surface area contributed by atoms with E-state index in [1.54, 1.807) is 35.6 Å². The van der Waals surface area contributed by atoms with Gasteiger partial charge in [-0.25, -0.2) is 4.79 Å². The summed E-state index contributed by atoms with van der Waals surface area (Å²) in [6.45, 7) is 4.76. The van der Waals surface area contributed by atoms with E-state index in [1.165, 1.54) is 6.20 Å². The quantitative estimate of drug-likeness (QED) is 0.721. The number of hydrogen-bond donors (Lipinski definition) is 1. The molecule has 1 N–H and O–H groups in total. The molecule has 26 heavy (non-hydrogen) atoms. The van der Waals surface area contributed by atoms with Crippen molar-refractivity contribution in [3.8, 4) is 0 Å². The molecule has 138 valence electrons. The Balaban J connectivity index is 1.71. The van der Waals surface area contributed by atoms with E-state index in [2.05, 4.69) is 17.3 Å². The Morgan fingerprint density at radius 1 is 1.50 bits per heavy atom. The van der Waals surface area contributed by atoms with Gasteiger partial charge >= 0.3 is 5.97 Å². The Kier molecular flexibility index (Phi) is 5.85. The van der Waals surface area contributed by atoms with Crippen LogP contribution in [0.1, 0.15) is 30.6 Å². The van der Waals surface area contributed by atoms with Crippen molar-refractivity contribution in [3.63, 3.8) is 0 Å². The summed E-state index contributed by atoms with van der Waals surface area (Å²) >= 11 is 14.1. The summed E-state index contributed by atoms with van der Waals surface area (Å²) in [6.07, 6.45) is 9.64.